The minimum Gasteiger partial charge on any atom is -0.493 e. The molecule has 0 saturated heterocycles. The van der Waals surface area contributed by atoms with Gasteiger partial charge in [-0.15, -0.1) is 0 Å². The van der Waals surface area contributed by atoms with Crippen molar-refractivity contribution in [3.05, 3.63) is 30.6 Å². The third-order valence-corrected chi connectivity index (χ3v) is 7.37. The van der Waals surface area contributed by atoms with Crippen LogP contribution in [0.3, 0.4) is 0 Å². The highest BCUT2D eigenvalue weighted by atomic mass is 16.5. The monoisotopic (exact) mass is 541 g/mol. The first-order chi connectivity index (χ1) is 18.8. The molecule has 2 aliphatic rings. The number of benzene rings is 1. The normalized spacial score (nSPS) is 23.2. The number of aliphatic hydroxyl groups excluding tert-OH is 1. The van der Waals surface area contributed by atoms with E-state index < -0.39 is 18.1 Å². The summed E-state index contributed by atoms with van der Waals surface area (Å²) in [4.78, 5) is 45.6. The van der Waals surface area contributed by atoms with Gasteiger partial charge in [-0.05, 0) is 49.8 Å². The van der Waals surface area contributed by atoms with E-state index in [9.17, 15) is 19.5 Å². The molecule has 3 N–H and O–H groups in total. The van der Waals surface area contributed by atoms with Crippen LogP contribution in [0, 0.1) is 11.8 Å². The first-order valence-electron chi connectivity index (χ1n) is 13.6. The van der Waals surface area contributed by atoms with Crippen LogP contribution in [0.4, 0.5) is 0 Å². The number of imidazole rings is 1. The first-order valence-corrected chi connectivity index (χ1v) is 13.6. The average molecular weight is 542 g/mol. The molecular formula is C28H39N5O6. The molecular weight excluding hydrogens is 502 g/mol. The Hall–Kier alpha value is -3.60. The molecule has 11 heteroatoms. The van der Waals surface area contributed by atoms with Gasteiger partial charge in [0.1, 0.15) is 18.5 Å². The Kier molecular flexibility index (Phi) is 9.45. The van der Waals surface area contributed by atoms with Gasteiger partial charge in [0.05, 0.1) is 26.3 Å². The number of carbonyl (C=O) groups excluding carboxylic acids is 3. The van der Waals surface area contributed by atoms with Gasteiger partial charge < -0.3 is 34.7 Å². The summed E-state index contributed by atoms with van der Waals surface area (Å²) < 4.78 is 13.5. The van der Waals surface area contributed by atoms with Crippen molar-refractivity contribution in [2.24, 2.45) is 11.8 Å². The van der Waals surface area contributed by atoms with Crippen molar-refractivity contribution in [2.75, 3.05) is 33.4 Å². The van der Waals surface area contributed by atoms with E-state index in [1.165, 1.54) is 4.90 Å². The lowest BCUT2D eigenvalue weighted by molar-refractivity contribution is -0.141. The third kappa shape index (κ3) is 7.08. The van der Waals surface area contributed by atoms with E-state index in [0.717, 1.165) is 5.56 Å². The minimum atomic E-state index is -0.743. The summed E-state index contributed by atoms with van der Waals surface area (Å²) >= 11 is 0. The fourth-order valence-electron chi connectivity index (χ4n) is 5.13. The van der Waals surface area contributed by atoms with E-state index in [1.54, 1.807) is 19.4 Å². The highest BCUT2D eigenvalue weighted by molar-refractivity contribution is 5.90. The second-order valence-electron chi connectivity index (χ2n) is 10.5. The fraction of sp³-hybridized carbons (Fsp3) is 0.571. The summed E-state index contributed by atoms with van der Waals surface area (Å²) in [6.45, 7) is 4.68. The minimum absolute atomic E-state index is 0.136. The van der Waals surface area contributed by atoms with Crippen LogP contribution in [0.1, 0.15) is 39.5 Å². The molecule has 1 atom stereocenters. The van der Waals surface area contributed by atoms with Crippen LogP contribution < -0.4 is 20.1 Å². The van der Waals surface area contributed by atoms with Crippen molar-refractivity contribution < 1.29 is 29.0 Å². The molecule has 1 aliphatic heterocycles. The SMILES string of the molecule is COc1ccc2cc1OCCN(C(=O)C1CCC(O)CC1)CC(=O)N[C@H](C(C)C)C(=O)NCCn1ccnc1-2. The topological polar surface area (TPSA) is 135 Å². The Morgan fingerprint density at radius 1 is 1.18 bits per heavy atom. The van der Waals surface area contributed by atoms with Gasteiger partial charge in [-0.2, -0.15) is 0 Å². The fourth-order valence-corrected chi connectivity index (χ4v) is 5.13. The molecule has 11 nitrogen and oxygen atoms in total. The van der Waals surface area contributed by atoms with E-state index in [-0.39, 0.29) is 43.3 Å². The Morgan fingerprint density at radius 3 is 2.67 bits per heavy atom. The summed E-state index contributed by atoms with van der Waals surface area (Å²) in [5, 5.41) is 15.6. The lowest BCUT2D eigenvalue weighted by Crippen LogP contribution is -2.53. The maximum absolute atomic E-state index is 13.5. The lowest BCUT2D eigenvalue weighted by Gasteiger charge is -2.31. The second-order valence-corrected chi connectivity index (χ2v) is 10.5. The highest BCUT2D eigenvalue weighted by Crippen LogP contribution is 2.32. The zero-order valence-electron chi connectivity index (χ0n) is 22.9. The van der Waals surface area contributed by atoms with Crippen molar-refractivity contribution in [1.29, 1.82) is 0 Å². The molecule has 0 radical (unpaired) electrons. The zero-order chi connectivity index (χ0) is 27.9. The van der Waals surface area contributed by atoms with E-state index in [1.807, 2.05) is 36.7 Å². The van der Waals surface area contributed by atoms with Gasteiger partial charge in [-0.25, -0.2) is 4.98 Å². The summed E-state index contributed by atoms with van der Waals surface area (Å²) in [6.07, 6.45) is 5.40. The molecule has 39 heavy (non-hydrogen) atoms. The number of amides is 3. The number of rotatable bonds is 3. The summed E-state index contributed by atoms with van der Waals surface area (Å²) in [7, 11) is 1.56. The van der Waals surface area contributed by atoms with Crippen molar-refractivity contribution >= 4 is 17.7 Å². The van der Waals surface area contributed by atoms with Crippen LogP contribution in [0.15, 0.2) is 30.6 Å². The predicted octanol–water partition coefficient (Wildman–Crippen LogP) is 1.59. The number of nitrogens with zero attached hydrogens (tertiary/aromatic N) is 3. The van der Waals surface area contributed by atoms with E-state index in [0.29, 0.717) is 56.1 Å². The van der Waals surface area contributed by atoms with E-state index >= 15 is 0 Å². The zero-order valence-corrected chi connectivity index (χ0v) is 22.9. The molecule has 1 aromatic heterocycles. The predicted molar refractivity (Wildman–Crippen MR) is 144 cm³/mol. The quantitative estimate of drug-likeness (QED) is 0.537. The standard InChI is InChI=1S/C28H39N5O6/c1-18(2)25-27(36)30-11-13-32-12-10-29-26(32)20-6-9-22(38-3)23(16-20)39-15-14-33(17-24(35)31-25)28(37)19-4-7-21(34)8-5-19/h6,9-10,12,16,18-19,21,25,34H,4-5,7-8,11,13-15,17H2,1-3H3,(H,30,36)(H,31,35)/t19?,21?,25-/m1/s1. The van der Waals surface area contributed by atoms with E-state index in [2.05, 4.69) is 15.6 Å². The van der Waals surface area contributed by atoms with Gasteiger partial charge in [0.2, 0.25) is 17.7 Å². The maximum Gasteiger partial charge on any atom is 0.242 e. The van der Waals surface area contributed by atoms with Gasteiger partial charge >= 0.3 is 0 Å². The molecule has 2 bridgehead atoms. The largest absolute Gasteiger partial charge is 0.493 e. The smallest absolute Gasteiger partial charge is 0.242 e. The molecule has 0 spiro atoms. The third-order valence-electron chi connectivity index (χ3n) is 7.37. The van der Waals surface area contributed by atoms with Crippen LogP contribution >= 0.6 is 0 Å². The maximum atomic E-state index is 13.5. The Bertz CT molecular complexity index is 1160. The van der Waals surface area contributed by atoms with Crippen molar-refractivity contribution in [3.63, 3.8) is 0 Å². The van der Waals surface area contributed by atoms with Gasteiger partial charge in [-0.3, -0.25) is 14.4 Å². The molecule has 3 amide bonds. The molecule has 0 unspecified atom stereocenters. The number of aliphatic hydroxyl groups is 1. The average Bonchev–Trinajstić information content (AvgIpc) is 3.39. The Morgan fingerprint density at radius 2 is 1.95 bits per heavy atom. The van der Waals surface area contributed by atoms with Gasteiger partial charge in [0.25, 0.3) is 0 Å². The molecule has 1 saturated carbocycles. The number of hydrogen-bond acceptors (Lipinski definition) is 7. The van der Waals surface area contributed by atoms with Gasteiger partial charge in [0, 0.05) is 37.0 Å². The molecule has 4 rings (SSSR count). The van der Waals surface area contributed by atoms with Gasteiger partial charge in [0.15, 0.2) is 11.5 Å². The Labute approximate surface area is 228 Å². The van der Waals surface area contributed by atoms with Crippen LogP contribution in [0.5, 0.6) is 11.5 Å². The number of methoxy groups -OCH3 is 1. The molecule has 1 aliphatic carbocycles. The van der Waals surface area contributed by atoms with Crippen LogP contribution in [0.2, 0.25) is 0 Å². The van der Waals surface area contributed by atoms with E-state index in [4.69, 9.17) is 9.47 Å². The molecule has 1 aromatic carbocycles. The summed E-state index contributed by atoms with van der Waals surface area (Å²) in [6, 6.07) is 4.79. The molecule has 1 fully saturated rings. The number of carbonyl (C=O) groups is 3. The summed E-state index contributed by atoms with van der Waals surface area (Å²) in [5.74, 6) is 0.501. The summed E-state index contributed by atoms with van der Waals surface area (Å²) in [5.41, 5.74) is 0.817. The van der Waals surface area contributed by atoms with Crippen LogP contribution in [-0.2, 0) is 20.9 Å². The number of ether oxygens (including phenoxy) is 2. The molecule has 2 heterocycles. The van der Waals surface area contributed by atoms with Crippen molar-refractivity contribution in [2.45, 2.75) is 58.2 Å². The molecule has 2 aromatic rings. The van der Waals surface area contributed by atoms with Gasteiger partial charge in [-0.1, -0.05) is 13.8 Å². The number of nitrogens with one attached hydrogen (secondary N) is 2. The van der Waals surface area contributed by atoms with Crippen molar-refractivity contribution in [3.8, 4) is 22.9 Å². The number of hydrogen-bond donors (Lipinski definition) is 3. The van der Waals surface area contributed by atoms with Crippen LogP contribution in [-0.4, -0.2) is 82.8 Å². The first kappa shape index (κ1) is 28.4. The van der Waals surface area contributed by atoms with Crippen molar-refractivity contribution in [1.82, 2.24) is 25.1 Å². The number of fused-ring (bicyclic) bond motifs is 4. The van der Waals surface area contributed by atoms with Crippen LogP contribution in [0.25, 0.3) is 11.4 Å². The highest BCUT2D eigenvalue weighted by Gasteiger charge is 2.31. The number of aromatic nitrogens is 2. The lowest BCUT2D eigenvalue weighted by atomic mass is 9.86. The second kappa shape index (κ2) is 13.0. The molecule has 212 valence electrons. The Balaban J connectivity index is 1.62.